The van der Waals surface area contributed by atoms with Crippen LogP contribution in [0.5, 0.6) is 0 Å². The quantitative estimate of drug-likeness (QED) is 0.726. The van der Waals surface area contributed by atoms with Crippen molar-refractivity contribution < 1.29 is 4.79 Å². The van der Waals surface area contributed by atoms with Gasteiger partial charge in [-0.3, -0.25) is 0 Å². The van der Waals surface area contributed by atoms with Gasteiger partial charge >= 0.3 is 6.03 Å². The van der Waals surface area contributed by atoms with Crippen molar-refractivity contribution in [3.05, 3.63) is 29.8 Å². The van der Waals surface area contributed by atoms with Crippen LogP contribution in [0.25, 0.3) is 0 Å². The Kier molecular flexibility index (Phi) is 5.49. The standard InChI is InChI=1S/C21H29N5O/c22-10-16-4-6-20(7-5-16)23-8-1-9-25-12-18-14-26(15-19(18)13-25)21(27)24-11-17-2-3-17/h4-7,17-19,23H,1-3,8-9,11-15H2,(H,24,27). The lowest BCUT2D eigenvalue weighted by molar-refractivity contribution is 0.199. The number of fused-ring (bicyclic) bond motifs is 1. The monoisotopic (exact) mass is 367 g/mol. The van der Waals surface area contributed by atoms with E-state index in [0.29, 0.717) is 17.4 Å². The summed E-state index contributed by atoms with van der Waals surface area (Å²) < 4.78 is 0. The molecule has 1 aliphatic carbocycles. The first-order chi connectivity index (χ1) is 13.2. The Hall–Kier alpha value is -2.26. The molecule has 2 amide bonds. The molecular weight excluding hydrogens is 338 g/mol. The molecule has 1 saturated carbocycles. The maximum Gasteiger partial charge on any atom is 0.317 e. The number of nitrogens with zero attached hydrogens (tertiary/aromatic N) is 3. The fourth-order valence-electron chi connectivity index (χ4n) is 4.30. The number of likely N-dealkylation sites (tertiary alicyclic amines) is 2. The first-order valence-corrected chi connectivity index (χ1v) is 10.2. The second-order valence-electron chi connectivity index (χ2n) is 8.28. The van der Waals surface area contributed by atoms with Gasteiger partial charge in [0, 0.05) is 45.0 Å². The number of anilines is 1. The summed E-state index contributed by atoms with van der Waals surface area (Å²) in [5, 5.41) is 15.4. The maximum absolute atomic E-state index is 12.3. The van der Waals surface area contributed by atoms with Crippen molar-refractivity contribution in [3.63, 3.8) is 0 Å². The van der Waals surface area contributed by atoms with Gasteiger partial charge in [-0.15, -0.1) is 0 Å². The summed E-state index contributed by atoms with van der Waals surface area (Å²) in [5.41, 5.74) is 1.76. The molecule has 27 heavy (non-hydrogen) atoms. The number of benzene rings is 1. The predicted octanol–water partition coefficient (Wildman–Crippen LogP) is 2.34. The number of hydrogen-bond donors (Lipinski definition) is 2. The first-order valence-electron chi connectivity index (χ1n) is 10.2. The van der Waals surface area contributed by atoms with Gasteiger partial charge in [0.25, 0.3) is 0 Å². The lowest BCUT2D eigenvalue weighted by Gasteiger charge is -2.22. The van der Waals surface area contributed by atoms with Gasteiger partial charge in [0.15, 0.2) is 0 Å². The van der Waals surface area contributed by atoms with E-state index in [-0.39, 0.29) is 6.03 Å². The van der Waals surface area contributed by atoms with Crippen LogP contribution in [0.1, 0.15) is 24.8 Å². The molecule has 2 unspecified atom stereocenters. The Balaban J connectivity index is 1.12. The van der Waals surface area contributed by atoms with E-state index >= 15 is 0 Å². The van der Waals surface area contributed by atoms with E-state index in [0.717, 1.165) is 63.8 Å². The molecule has 1 aromatic carbocycles. The molecule has 2 N–H and O–H groups in total. The lowest BCUT2D eigenvalue weighted by Crippen LogP contribution is -2.41. The fourth-order valence-corrected chi connectivity index (χ4v) is 4.30. The fraction of sp³-hybridized carbons (Fsp3) is 0.619. The number of carbonyl (C=O) groups is 1. The van der Waals surface area contributed by atoms with Crippen LogP contribution in [0, 0.1) is 29.1 Å². The molecule has 2 atom stereocenters. The first kappa shape index (κ1) is 18.1. The number of carbonyl (C=O) groups excluding carboxylic acids is 1. The van der Waals surface area contributed by atoms with Crippen molar-refractivity contribution in [2.75, 3.05) is 51.1 Å². The van der Waals surface area contributed by atoms with Crippen molar-refractivity contribution in [3.8, 4) is 6.07 Å². The zero-order valence-electron chi connectivity index (χ0n) is 15.9. The van der Waals surface area contributed by atoms with E-state index in [1.165, 1.54) is 12.8 Å². The number of urea groups is 1. The van der Waals surface area contributed by atoms with Gasteiger partial charge < -0.3 is 20.4 Å². The molecule has 144 valence electrons. The van der Waals surface area contributed by atoms with E-state index in [4.69, 9.17) is 5.26 Å². The van der Waals surface area contributed by atoms with Gasteiger partial charge in [0.2, 0.25) is 0 Å². The van der Waals surface area contributed by atoms with Crippen LogP contribution in [-0.2, 0) is 0 Å². The van der Waals surface area contributed by atoms with Crippen LogP contribution < -0.4 is 10.6 Å². The van der Waals surface area contributed by atoms with E-state index in [1.54, 1.807) is 0 Å². The SMILES string of the molecule is N#Cc1ccc(NCCCN2CC3CN(C(=O)NCC4CC4)CC3C2)cc1. The topological polar surface area (TPSA) is 71.4 Å². The third-order valence-electron chi connectivity index (χ3n) is 6.08. The highest BCUT2D eigenvalue weighted by molar-refractivity contribution is 5.74. The molecule has 3 aliphatic rings. The van der Waals surface area contributed by atoms with Crippen molar-refractivity contribution in [1.29, 1.82) is 5.26 Å². The van der Waals surface area contributed by atoms with Crippen molar-refractivity contribution in [1.82, 2.24) is 15.1 Å². The lowest BCUT2D eigenvalue weighted by atomic mass is 10.0. The molecule has 0 bridgehead atoms. The molecule has 0 radical (unpaired) electrons. The molecule has 0 spiro atoms. The molecule has 2 saturated heterocycles. The smallest absolute Gasteiger partial charge is 0.317 e. The van der Waals surface area contributed by atoms with Crippen molar-refractivity contribution >= 4 is 11.7 Å². The van der Waals surface area contributed by atoms with E-state index < -0.39 is 0 Å². The average Bonchev–Trinajstić information content (AvgIpc) is 3.32. The van der Waals surface area contributed by atoms with Gasteiger partial charge in [-0.2, -0.15) is 5.26 Å². The van der Waals surface area contributed by atoms with Gasteiger partial charge in [0.1, 0.15) is 0 Å². The van der Waals surface area contributed by atoms with Crippen LogP contribution in [0.15, 0.2) is 24.3 Å². The summed E-state index contributed by atoms with van der Waals surface area (Å²) in [7, 11) is 0. The van der Waals surface area contributed by atoms with Crippen LogP contribution in [0.2, 0.25) is 0 Å². The van der Waals surface area contributed by atoms with Gasteiger partial charge in [-0.25, -0.2) is 4.79 Å². The van der Waals surface area contributed by atoms with Crippen molar-refractivity contribution in [2.45, 2.75) is 19.3 Å². The zero-order chi connectivity index (χ0) is 18.6. The van der Waals surface area contributed by atoms with Gasteiger partial charge in [-0.1, -0.05) is 0 Å². The Morgan fingerprint density at radius 1 is 1.11 bits per heavy atom. The Morgan fingerprint density at radius 3 is 2.44 bits per heavy atom. The van der Waals surface area contributed by atoms with E-state index in [2.05, 4.69) is 21.6 Å². The molecule has 1 aromatic rings. The van der Waals surface area contributed by atoms with Gasteiger partial charge in [0.05, 0.1) is 11.6 Å². The van der Waals surface area contributed by atoms with E-state index in [1.807, 2.05) is 29.2 Å². The molecule has 4 rings (SSSR count). The Morgan fingerprint density at radius 2 is 1.81 bits per heavy atom. The van der Waals surface area contributed by atoms with Crippen LogP contribution >= 0.6 is 0 Å². The maximum atomic E-state index is 12.3. The van der Waals surface area contributed by atoms with Gasteiger partial charge in [-0.05, 0) is 67.8 Å². The highest BCUT2D eigenvalue weighted by atomic mass is 16.2. The summed E-state index contributed by atoms with van der Waals surface area (Å²) in [6.45, 7) is 6.98. The largest absolute Gasteiger partial charge is 0.385 e. The minimum Gasteiger partial charge on any atom is -0.385 e. The molecule has 2 heterocycles. The summed E-state index contributed by atoms with van der Waals surface area (Å²) >= 11 is 0. The van der Waals surface area contributed by atoms with Crippen LogP contribution in [0.4, 0.5) is 10.5 Å². The second kappa shape index (κ2) is 8.18. The molecule has 2 aliphatic heterocycles. The average molecular weight is 367 g/mol. The molecule has 6 heteroatoms. The third kappa shape index (κ3) is 4.72. The molecular formula is C21H29N5O. The normalized spacial score (nSPS) is 24.5. The predicted molar refractivity (Wildman–Crippen MR) is 105 cm³/mol. The highest BCUT2D eigenvalue weighted by Gasteiger charge is 2.41. The van der Waals surface area contributed by atoms with Crippen LogP contribution in [0.3, 0.4) is 0 Å². The number of amides is 2. The highest BCUT2D eigenvalue weighted by Crippen LogP contribution is 2.31. The number of nitriles is 1. The van der Waals surface area contributed by atoms with E-state index in [9.17, 15) is 4.79 Å². The Labute approximate surface area is 161 Å². The van der Waals surface area contributed by atoms with Crippen LogP contribution in [-0.4, -0.2) is 61.6 Å². The number of rotatable bonds is 7. The minimum absolute atomic E-state index is 0.148. The minimum atomic E-state index is 0.148. The zero-order valence-corrected chi connectivity index (χ0v) is 15.9. The second-order valence-corrected chi connectivity index (χ2v) is 8.28. The van der Waals surface area contributed by atoms with Crippen molar-refractivity contribution in [2.24, 2.45) is 17.8 Å². The third-order valence-corrected chi connectivity index (χ3v) is 6.08. The molecule has 0 aromatic heterocycles. The molecule has 3 fully saturated rings. The number of nitrogens with one attached hydrogen (secondary N) is 2. The summed E-state index contributed by atoms with van der Waals surface area (Å²) in [6, 6.07) is 9.89. The number of hydrogen-bond acceptors (Lipinski definition) is 4. The summed E-state index contributed by atoms with van der Waals surface area (Å²) in [4.78, 5) is 16.8. The Bertz CT molecular complexity index is 680. The summed E-state index contributed by atoms with van der Waals surface area (Å²) in [5.74, 6) is 2.02. The summed E-state index contributed by atoms with van der Waals surface area (Å²) in [6.07, 6.45) is 3.66. The molecule has 6 nitrogen and oxygen atoms in total.